The van der Waals surface area contributed by atoms with E-state index in [1.165, 1.54) is 36.8 Å². The molecule has 1 aromatic rings. The third kappa shape index (κ3) is 3.10. The van der Waals surface area contributed by atoms with Crippen LogP contribution in [0.25, 0.3) is 0 Å². The SMILES string of the molecule is CCCCC(C)(CC)c1ccc(CC)cc1. The molecule has 0 aromatic heterocycles. The molecule has 1 unspecified atom stereocenters. The van der Waals surface area contributed by atoms with Gasteiger partial charge in [0.15, 0.2) is 0 Å². The van der Waals surface area contributed by atoms with Crippen LogP contribution in [0.1, 0.15) is 64.5 Å². The molecule has 0 radical (unpaired) electrons. The van der Waals surface area contributed by atoms with Crippen molar-refractivity contribution in [2.45, 2.75) is 65.2 Å². The first kappa shape index (κ1) is 13.3. The van der Waals surface area contributed by atoms with Crippen LogP contribution >= 0.6 is 0 Å². The number of aryl methyl sites for hydroxylation is 1. The summed E-state index contributed by atoms with van der Waals surface area (Å²) in [6.45, 7) is 9.20. The van der Waals surface area contributed by atoms with Crippen LogP contribution in [0.4, 0.5) is 0 Å². The zero-order valence-electron chi connectivity index (χ0n) is 11.3. The van der Waals surface area contributed by atoms with Gasteiger partial charge in [-0.15, -0.1) is 0 Å². The Kier molecular flexibility index (Phi) is 5.05. The van der Waals surface area contributed by atoms with Crippen molar-refractivity contribution in [3.8, 4) is 0 Å². The molecular formula is C16H26. The maximum absolute atomic E-state index is 2.41. The van der Waals surface area contributed by atoms with Gasteiger partial charge in [-0.3, -0.25) is 0 Å². The van der Waals surface area contributed by atoms with Crippen LogP contribution in [0, 0.1) is 0 Å². The fourth-order valence-corrected chi connectivity index (χ4v) is 2.23. The van der Waals surface area contributed by atoms with Gasteiger partial charge in [-0.25, -0.2) is 0 Å². The van der Waals surface area contributed by atoms with Gasteiger partial charge in [0.25, 0.3) is 0 Å². The zero-order valence-corrected chi connectivity index (χ0v) is 11.3. The molecular weight excluding hydrogens is 192 g/mol. The summed E-state index contributed by atoms with van der Waals surface area (Å²) in [5.74, 6) is 0. The molecule has 0 nitrogen and oxygen atoms in total. The van der Waals surface area contributed by atoms with Gasteiger partial charge in [-0.2, -0.15) is 0 Å². The number of benzene rings is 1. The lowest BCUT2D eigenvalue weighted by Crippen LogP contribution is -2.20. The smallest absolute Gasteiger partial charge is 0.00779 e. The van der Waals surface area contributed by atoms with E-state index in [0.29, 0.717) is 5.41 Å². The first-order valence-electron chi connectivity index (χ1n) is 6.75. The van der Waals surface area contributed by atoms with Gasteiger partial charge in [0, 0.05) is 0 Å². The van der Waals surface area contributed by atoms with Gasteiger partial charge in [0.05, 0.1) is 0 Å². The molecule has 0 spiro atoms. The fraction of sp³-hybridized carbons (Fsp3) is 0.625. The van der Waals surface area contributed by atoms with E-state index in [-0.39, 0.29) is 0 Å². The summed E-state index contributed by atoms with van der Waals surface area (Å²) in [5, 5.41) is 0. The Bertz CT molecular complexity index is 296. The molecule has 0 fully saturated rings. The Morgan fingerprint density at radius 1 is 1.00 bits per heavy atom. The molecule has 0 N–H and O–H groups in total. The van der Waals surface area contributed by atoms with E-state index in [1.54, 1.807) is 0 Å². The zero-order chi connectivity index (χ0) is 12.0. The molecule has 1 atom stereocenters. The molecule has 0 saturated heterocycles. The van der Waals surface area contributed by atoms with Crippen molar-refractivity contribution in [1.82, 2.24) is 0 Å². The third-order valence-corrected chi connectivity index (χ3v) is 3.92. The second-order valence-electron chi connectivity index (χ2n) is 5.07. The van der Waals surface area contributed by atoms with Crippen molar-refractivity contribution in [3.05, 3.63) is 35.4 Å². The molecule has 0 aliphatic rings. The van der Waals surface area contributed by atoms with Crippen molar-refractivity contribution in [1.29, 1.82) is 0 Å². The van der Waals surface area contributed by atoms with E-state index in [0.717, 1.165) is 6.42 Å². The monoisotopic (exact) mass is 218 g/mol. The van der Waals surface area contributed by atoms with Gasteiger partial charge in [-0.1, -0.05) is 64.8 Å². The highest BCUT2D eigenvalue weighted by molar-refractivity contribution is 5.28. The number of hydrogen-bond donors (Lipinski definition) is 0. The van der Waals surface area contributed by atoms with Crippen LogP contribution in [0.3, 0.4) is 0 Å². The Morgan fingerprint density at radius 3 is 2.06 bits per heavy atom. The Hall–Kier alpha value is -0.780. The van der Waals surface area contributed by atoms with E-state index < -0.39 is 0 Å². The lowest BCUT2D eigenvalue weighted by molar-refractivity contribution is 0.403. The molecule has 1 aromatic carbocycles. The van der Waals surface area contributed by atoms with E-state index in [1.807, 2.05) is 0 Å². The van der Waals surface area contributed by atoms with Crippen LogP contribution in [-0.4, -0.2) is 0 Å². The number of rotatable bonds is 6. The van der Waals surface area contributed by atoms with Gasteiger partial charge in [0.2, 0.25) is 0 Å². The molecule has 16 heavy (non-hydrogen) atoms. The average molecular weight is 218 g/mol. The lowest BCUT2D eigenvalue weighted by atomic mass is 9.76. The first-order chi connectivity index (χ1) is 7.66. The van der Waals surface area contributed by atoms with Crippen LogP contribution in [0.5, 0.6) is 0 Å². The highest BCUT2D eigenvalue weighted by Crippen LogP contribution is 2.33. The second-order valence-corrected chi connectivity index (χ2v) is 5.07. The topological polar surface area (TPSA) is 0 Å². The normalized spacial score (nSPS) is 14.8. The summed E-state index contributed by atoms with van der Waals surface area (Å²) >= 11 is 0. The van der Waals surface area contributed by atoms with Crippen molar-refractivity contribution in [3.63, 3.8) is 0 Å². The summed E-state index contributed by atoms with van der Waals surface area (Å²) in [5.41, 5.74) is 3.33. The van der Waals surface area contributed by atoms with Crippen LogP contribution in [0.15, 0.2) is 24.3 Å². The summed E-state index contributed by atoms with van der Waals surface area (Å²) < 4.78 is 0. The highest BCUT2D eigenvalue weighted by Gasteiger charge is 2.23. The van der Waals surface area contributed by atoms with E-state index in [9.17, 15) is 0 Å². The predicted octanol–water partition coefficient (Wildman–Crippen LogP) is 5.11. The lowest BCUT2D eigenvalue weighted by Gasteiger charge is -2.29. The summed E-state index contributed by atoms with van der Waals surface area (Å²) in [6, 6.07) is 9.24. The molecule has 0 saturated carbocycles. The Balaban J connectivity index is 2.84. The number of unbranched alkanes of at least 4 members (excludes halogenated alkanes) is 1. The molecule has 0 heteroatoms. The molecule has 1 rings (SSSR count). The Labute approximate surface area is 101 Å². The third-order valence-electron chi connectivity index (χ3n) is 3.92. The molecule has 0 heterocycles. The van der Waals surface area contributed by atoms with Crippen LogP contribution < -0.4 is 0 Å². The van der Waals surface area contributed by atoms with Crippen LogP contribution in [-0.2, 0) is 11.8 Å². The second kappa shape index (κ2) is 6.08. The highest BCUT2D eigenvalue weighted by atomic mass is 14.3. The maximum atomic E-state index is 2.41. The molecule has 90 valence electrons. The minimum absolute atomic E-state index is 0.377. The maximum Gasteiger partial charge on any atom is -0.00779 e. The summed E-state index contributed by atoms with van der Waals surface area (Å²) in [7, 11) is 0. The molecule has 0 bridgehead atoms. The number of hydrogen-bond acceptors (Lipinski definition) is 0. The van der Waals surface area contributed by atoms with Crippen molar-refractivity contribution >= 4 is 0 Å². The quantitative estimate of drug-likeness (QED) is 0.622. The average Bonchev–Trinajstić information content (AvgIpc) is 2.36. The Morgan fingerprint density at radius 2 is 1.62 bits per heavy atom. The van der Waals surface area contributed by atoms with E-state index in [2.05, 4.69) is 52.0 Å². The van der Waals surface area contributed by atoms with Gasteiger partial charge in [-0.05, 0) is 35.8 Å². The molecule has 0 amide bonds. The van der Waals surface area contributed by atoms with Gasteiger partial charge in [0.1, 0.15) is 0 Å². The first-order valence-corrected chi connectivity index (χ1v) is 6.75. The minimum Gasteiger partial charge on any atom is -0.0654 e. The van der Waals surface area contributed by atoms with Gasteiger partial charge >= 0.3 is 0 Å². The van der Waals surface area contributed by atoms with Crippen molar-refractivity contribution in [2.24, 2.45) is 0 Å². The molecule has 0 aliphatic heterocycles. The van der Waals surface area contributed by atoms with Crippen molar-refractivity contribution < 1.29 is 0 Å². The minimum atomic E-state index is 0.377. The van der Waals surface area contributed by atoms with Crippen molar-refractivity contribution in [2.75, 3.05) is 0 Å². The van der Waals surface area contributed by atoms with Gasteiger partial charge < -0.3 is 0 Å². The predicted molar refractivity (Wildman–Crippen MR) is 73.0 cm³/mol. The van der Waals surface area contributed by atoms with E-state index in [4.69, 9.17) is 0 Å². The summed E-state index contributed by atoms with van der Waals surface area (Å²) in [6.07, 6.45) is 6.31. The standard InChI is InChI=1S/C16H26/c1-5-8-13-16(4,7-3)15-11-9-14(6-2)10-12-15/h9-12H,5-8,13H2,1-4H3. The van der Waals surface area contributed by atoms with E-state index >= 15 is 0 Å². The summed E-state index contributed by atoms with van der Waals surface area (Å²) in [4.78, 5) is 0. The largest absolute Gasteiger partial charge is 0.0654 e. The molecule has 0 aliphatic carbocycles. The van der Waals surface area contributed by atoms with Crippen LogP contribution in [0.2, 0.25) is 0 Å². The fourth-order valence-electron chi connectivity index (χ4n) is 2.23.